The molecule has 1 fully saturated rings. The Bertz CT molecular complexity index is 1270. The smallest absolute Gasteiger partial charge is 0.261 e. The molecule has 7 nitrogen and oxygen atoms in total. The van der Waals surface area contributed by atoms with E-state index in [1.807, 2.05) is 49.4 Å². The standard InChI is InChI=1S/C26H27N3O4S/c1-18-7-5-6-10-23(18)29-34(32,33)22-15-11-20(12-16-22)25(30)28-24(26(31)27-21-13-14-21)17-19-8-3-2-4-9-19/h2-12,15-16,21,24,29H,13-14,17H2,1H3,(H,27,31)(H,28,30). The number of hydrogen-bond donors (Lipinski definition) is 3. The first-order valence-electron chi connectivity index (χ1n) is 11.2. The van der Waals surface area contributed by atoms with Gasteiger partial charge in [-0.15, -0.1) is 0 Å². The highest BCUT2D eigenvalue weighted by Crippen LogP contribution is 2.21. The van der Waals surface area contributed by atoms with Gasteiger partial charge in [-0.3, -0.25) is 14.3 Å². The molecule has 0 bridgehead atoms. The first kappa shape index (κ1) is 23.5. The van der Waals surface area contributed by atoms with Gasteiger partial charge in [0, 0.05) is 18.0 Å². The summed E-state index contributed by atoms with van der Waals surface area (Å²) in [5.41, 5.74) is 2.50. The molecule has 2 amide bonds. The Labute approximate surface area is 199 Å². The lowest BCUT2D eigenvalue weighted by Crippen LogP contribution is -2.48. The number of anilines is 1. The number of carbonyl (C=O) groups is 2. The molecule has 0 heterocycles. The van der Waals surface area contributed by atoms with Gasteiger partial charge in [0.15, 0.2) is 0 Å². The molecule has 0 aliphatic heterocycles. The normalized spacial score (nSPS) is 14.1. The summed E-state index contributed by atoms with van der Waals surface area (Å²) in [6.07, 6.45) is 2.26. The average molecular weight is 478 g/mol. The van der Waals surface area contributed by atoms with E-state index < -0.39 is 22.0 Å². The van der Waals surface area contributed by atoms with Crippen LogP contribution in [0.1, 0.15) is 34.3 Å². The van der Waals surface area contributed by atoms with Crippen molar-refractivity contribution in [1.29, 1.82) is 0 Å². The highest BCUT2D eigenvalue weighted by atomic mass is 32.2. The van der Waals surface area contributed by atoms with Gasteiger partial charge in [-0.05, 0) is 61.2 Å². The fourth-order valence-electron chi connectivity index (χ4n) is 3.51. The molecule has 0 aromatic heterocycles. The Morgan fingerprint density at radius 1 is 0.912 bits per heavy atom. The Balaban J connectivity index is 1.46. The molecular weight excluding hydrogens is 450 g/mol. The summed E-state index contributed by atoms with van der Waals surface area (Å²) >= 11 is 0. The van der Waals surface area contributed by atoms with Crippen molar-refractivity contribution in [1.82, 2.24) is 10.6 Å². The van der Waals surface area contributed by atoms with E-state index in [-0.39, 0.29) is 22.4 Å². The second-order valence-electron chi connectivity index (χ2n) is 8.44. The molecule has 1 atom stereocenters. The summed E-state index contributed by atoms with van der Waals surface area (Å²) in [5, 5.41) is 5.75. The molecule has 3 N–H and O–H groups in total. The Hall–Kier alpha value is -3.65. The lowest BCUT2D eigenvalue weighted by atomic mass is 10.0. The van der Waals surface area contributed by atoms with Crippen molar-refractivity contribution in [3.8, 4) is 0 Å². The van der Waals surface area contributed by atoms with Gasteiger partial charge in [0.05, 0.1) is 10.6 Å². The van der Waals surface area contributed by atoms with E-state index >= 15 is 0 Å². The largest absolute Gasteiger partial charge is 0.352 e. The van der Waals surface area contributed by atoms with E-state index in [1.54, 1.807) is 12.1 Å². The molecule has 0 spiro atoms. The van der Waals surface area contributed by atoms with Gasteiger partial charge >= 0.3 is 0 Å². The van der Waals surface area contributed by atoms with Crippen molar-refractivity contribution in [2.24, 2.45) is 0 Å². The Kier molecular flexibility index (Phi) is 6.98. The lowest BCUT2D eigenvalue weighted by molar-refractivity contribution is -0.123. The Morgan fingerprint density at radius 2 is 1.56 bits per heavy atom. The molecule has 0 saturated heterocycles. The van der Waals surface area contributed by atoms with Crippen LogP contribution in [-0.4, -0.2) is 32.3 Å². The van der Waals surface area contributed by atoms with E-state index in [0.717, 1.165) is 24.0 Å². The number of para-hydroxylation sites is 1. The minimum Gasteiger partial charge on any atom is -0.352 e. The van der Waals surface area contributed by atoms with Crippen molar-refractivity contribution in [3.05, 3.63) is 95.6 Å². The predicted molar refractivity (Wildman–Crippen MR) is 131 cm³/mol. The van der Waals surface area contributed by atoms with E-state index in [1.165, 1.54) is 24.3 Å². The molecule has 34 heavy (non-hydrogen) atoms. The fourth-order valence-corrected chi connectivity index (χ4v) is 4.64. The number of amides is 2. The molecule has 0 radical (unpaired) electrons. The van der Waals surface area contributed by atoms with Crippen LogP contribution in [-0.2, 0) is 21.2 Å². The molecular formula is C26H27N3O4S. The van der Waals surface area contributed by atoms with Crippen molar-refractivity contribution in [2.45, 2.75) is 43.2 Å². The third kappa shape index (κ3) is 6.02. The van der Waals surface area contributed by atoms with Gasteiger partial charge in [-0.2, -0.15) is 0 Å². The molecule has 3 aromatic rings. The zero-order valence-corrected chi connectivity index (χ0v) is 19.6. The van der Waals surface area contributed by atoms with Gasteiger partial charge in [-0.25, -0.2) is 8.42 Å². The van der Waals surface area contributed by atoms with Crippen molar-refractivity contribution < 1.29 is 18.0 Å². The van der Waals surface area contributed by atoms with Gasteiger partial charge in [0.2, 0.25) is 5.91 Å². The SMILES string of the molecule is Cc1ccccc1NS(=O)(=O)c1ccc(C(=O)NC(Cc2ccccc2)C(=O)NC2CC2)cc1. The van der Waals surface area contributed by atoms with Gasteiger partial charge in [0.25, 0.3) is 15.9 Å². The van der Waals surface area contributed by atoms with Crippen LogP contribution < -0.4 is 15.4 Å². The molecule has 176 valence electrons. The second kappa shape index (κ2) is 10.1. The highest BCUT2D eigenvalue weighted by Gasteiger charge is 2.29. The number of carbonyl (C=O) groups excluding carboxylic acids is 2. The van der Waals surface area contributed by atoms with E-state index in [2.05, 4.69) is 15.4 Å². The number of benzene rings is 3. The number of hydrogen-bond acceptors (Lipinski definition) is 4. The van der Waals surface area contributed by atoms with Gasteiger partial charge in [0.1, 0.15) is 6.04 Å². The molecule has 8 heteroatoms. The maximum atomic E-state index is 12.9. The fraction of sp³-hybridized carbons (Fsp3) is 0.231. The topological polar surface area (TPSA) is 104 Å². The average Bonchev–Trinajstić information content (AvgIpc) is 3.65. The van der Waals surface area contributed by atoms with Crippen LogP contribution in [0.25, 0.3) is 0 Å². The van der Waals surface area contributed by atoms with Crippen LogP contribution in [0.5, 0.6) is 0 Å². The van der Waals surface area contributed by atoms with Crippen molar-refractivity contribution in [3.63, 3.8) is 0 Å². The maximum absolute atomic E-state index is 12.9. The third-order valence-electron chi connectivity index (χ3n) is 5.64. The highest BCUT2D eigenvalue weighted by molar-refractivity contribution is 7.92. The van der Waals surface area contributed by atoms with E-state index in [0.29, 0.717) is 12.1 Å². The summed E-state index contributed by atoms with van der Waals surface area (Å²) in [6, 6.07) is 21.7. The summed E-state index contributed by atoms with van der Waals surface area (Å²) in [6.45, 7) is 1.82. The van der Waals surface area contributed by atoms with E-state index in [4.69, 9.17) is 0 Å². The summed E-state index contributed by atoms with van der Waals surface area (Å²) in [5.74, 6) is -0.663. The van der Waals surface area contributed by atoms with E-state index in [9.17, 15) is 18.0 Å². The first-order chi connectivity index (χ1) is 16.3. The van der Waals surface area contributed by atoms with Crippen LogP contribution in [0.3, 0.4) is 0 Å². The zero-order chi connectivity index (χ0) is 24.1. The van der Waals surface area contributed by atoms with Gasteiger partial charge in [-0.1, -0.05) is 48.5 Å². The predicted octanol–water partition coefficient (Wildman–Crippen LogP) is 3.42. The number of nitrogens with one attached hydrogen (secondary N) is 3. The second-order valence-corrected chi connectivity index (χ2v) is 10.1. The number of rotatable bonds is 9. The zero-order valence-electron chi connectivity index (χ0n) is 18.8. The lowest BCUT2D eigenvalue weighted by Gasteiger charge is -2.19. The number of sulfonamides is 1. The first-order valence-corrected chi connectivity index (χ1v) is 12.6. The Morgan fingerprint density at radius 3 is 2.21 bits per heavy atom. The van der Waals surface area contributed by atoms with Crippen LogP contribution >= 0.6 is 0 Å². The van der Waals surface area contributed by atoms with Crippen LogP contribution in [0.4, 0.5) is 5.69 Å². The summed E-state index contributed by atoms with van der Waals surface area (Å²) in [7, 11) is -3.81. The minimum absolute atomic E-state index is 0.0413. The quantitative estimate of drug-likeness (QED) is 0.439. The monoisotopic (exact) mass is 477 g/mol. The molecule has 1 aliphatic carbocycles. The molecule has 1 saturated carbocycles. The molecule has 1 unspecified atom stereocenters. The van der Waals surface area contributed by atoms with Gasteiger partial charge < -0.3 is 10.6 Å². The minimum atomic E-state index is -3.81. The number of aryl methyl sites for hydroxylation is 1. The van der Waals surface area contributed by atoms with Crippen LogP contribution in [0.2, 0.25) is 0 Å². The molecule has 3 aromatic carbocycles. The van der Waals surface area contributed by atoms with Crippen molar-refractivity contribution >= 4 is 27.5 Å². The molecule has 1 aliphatic rings. The third-order valence-corrected chi connectivity index (χ3v) is 7.03. The summed E-state index contributed by atoms with van der Waals surface area (Å²) < 4.78 is 28.1. The summed E-state index contributed by atoms with van der Waals surface area (Å²) in [4.78, 5) is 25.7. The van der Waals surface area contributed by atoms with Crippen LogP contribution in [0, 0.1) is 6.92 Å². The molecule has 4 rings (SSSR count). The maximum Gasteiger partial charge on any atom is 0.261 e. The van der Waals surface area contributed by atoms with Crippen molar-refractivity contribution in [2.75, 3.05) is 4.72 Å². The van der Waals surface area contributed by atoms with Crippen LogP contribution in [0.15, 0.2) is 83.8 Å².